The van der Waals surface area contributed by atoms with Crippen molar-refractivity contribution < 1.29 is 19.4 Å². The van der Waals surface area contributed by atoms with Crippen molar-refractivity contribution in [3.8, 4) is 0 Å². The van der Waals surface area contributed by atoms with E-state index in [4.69, 9.17) is 9.84 Å². The number of nitrogens with one attached hydrogen (secondary N) is 1. The van der Waals surface area contributed by atoms with Crippen molar-refractivity contribution in [3.05, 3.63) is 0 Å². The van der Waals surface area contributed by atoms with E-state index in [1.54, 1.807) is 4.90 Å². The van der Waals surface area contributed by atoms with E-state index < -0.39 is 12.1 Å². The van der Waals surface area contributed by atoms with E-state index in [-0.39, 0.29) is 12.1 Å². The molecule has 122 valence electrons. The summed E-state index contributed by atoms with van der Waals surface area (Å²) in [4.78, 5) is 26.7. The molecular formula is C14H27N3O4. The summed E-state index contributed by atoms with van der Waals surface area (Å²) in [6, 6.07) is -0.112. The van der Waals surface area contributed by atoms with Crippen molar-refractivity contribution in [2.75, 3.05) is 40.3 Å². The molecule has 0 spiro atoms. The number of carbonyl (C=O) groups excluding carboxylic acids is 1. The van der Waals surface area contributed by atoms with Gasteiger partial charge in [0.05, 0.1) is 6.10 Å². The number of ether oxygens (including phenoxy) is 1. The fourth-order valence-electron chi connectivity index (χ4n) is 2.33. The van der Waals surface area contributed by atoms with Crippen LogP contribution in [0.5, 0.6) is 0 Å². The Morgan fingerprint density at radius 2 is 2.00 bits per heavy atom. The molecule has 7 heteroatoms. The number of aliphatic carboxylic acids is 1. The summed E-state index contributed by atoms with van der Waals surface area (Å²) in [5, 5.41) is 11.7. The topological polar surface area (TPSA) is 82.1 Å². The van der Waals surface area contributed by atoms with Crippen molar-refractivity contribution in [1.29, 1.82) is 0 Å². The molecule has 0 aliphatic carbocycles. The zero-order valence-corrected chi connectivity index (χ0v) is 13.2. The summed E-state index contributed by atoms with van der Waals surface area (Å²) in [5.41, 5.74) is 0. The molecule has 1 heterocycles. The van der Waals surface area contributed by atoms with E-state index in [0.29, 0.717) is 32.5 Å². The molecule has 1 rings (SSSR count). The molecular weight excluding hydrogens is 274 g/mol. The van der Waals surface area contributed by atoms with Gasteiger partial charge in [-0.25, -0.2) is 9.59 Å². The van der Waals surface area contributed by atoms with Gasteiger partial charge in [0.15, 0.2) is 6.10 Å². The van der Waals surface area contributed by atoms with Crippen molar-refractivity contribution in [3.63, 3.8) is 0 Å². The summed E-state index contributed by atoms with van der Waals surface area (Å²) in [6.45, 7) is 4.62. The Morgan fingerprint density at radius 3 is 2.52 bits per heavy atom. The van der Waals surface area contributed by atoms with Gasteiger partial charge < -0.3 is 25.0 Å². The van der Waals surface area contributed by atoms with E-state index in [2.05, 4.69) is 10.2 Å². The fraction of sp³-hybridized carbons (Fsp3) is 0.857. The molecule has 2 N–H and O–H groups in total. The van der Waals surface area contributed by atoms with Crippen LogP contribution in [0, 0.1) is 0 Å². The minimum atomic E-state index is -0.928. The Labute approximate surface area is 126 Å². The molecule has 1 aliphatic rings. The predicted octanol–water partition coefficient (Wildman–Crippen LogP) is 0.602. The van der Waals surface area contributed by atoms with Gasteiger partial charge in [0, 0.05) is 19.6 Å². The lowest BCUT2D eigenvalue weighted by Gasteiger charge is -2.23. The number of carboxylic acids is 1. The van der Waals surface area contributed by atoms with Gasteiger partial charge in [0.2, 0.25) is 0 Å². The Hall–Kier alpha value is -1.34. The van der Waals surface area contributed by atoms with Crippen molar-refractivity contribution in [2.24, 2.45) is 0 Å². The third-order valence-electron chi connectivity index (χ3n) is 3.57. The van der Waals surface area contributed by atoms with Crippen LogP contribution in [-0.2, 0) is 9.53 Å². The van der Waals surface area contributed by atoms with Gasteiger partial charge in [0.1, 0.15) is 0 Å². The Balaban J connectivity index is 2.26. The van der Waals surface area contributed by atoms with Gasteiger partial charge in [0.25, 0.3) is 0 Å². The van der Waals surface area contributed by atoms with Gasteiger partial charge in [-0.2, -0.15) is 0 Å². The number of carboxylic acid groups (broad SMARTS) is 1. The van der Waals surface area contributed by atoms with E-state index in [1.807, 2.05) is 21.0 Å². The summed E-state index contributed by atoms with van der Waals surface area (Å²) >= 11 is 0. The van der Waals surface area contributed by atoms with Gasteiger partial charge in [-0.05, 0) is 46.8 Å². The average molecular weight is 301 g/mol. The normalized spacial score (nSPS) is 21.5. The average Bonchev–Trinajstić information content (AvgIpc) is 2.89. The van der Waals surface area contributed by atoms with Gasteiger partial charge in [-0.3, -0.25) is 0 Å². The molecule has 21 heavy (non-hydrogen) atoms. The maximum atomic E-state index is 12.1. The third kappa shape index (κ3) is 6.31. The molecule has 2 amide bonds. The maximum Gasteiger partial charge on any atom is 0.332 e. The third-order valence-corrected chi connectivity index (χ3v) is 3.57. The first-order valence-corrected chi connectivity index (χ1v) is 7.49. The predicted molar refractivity (Wildman–Crippen MR) is 79.3 cm³/mol. The highest BCUT2D eigenvalue weighted by molar-refractivity contribution is 5.74. The van der Waals surface area contributed by atoms with Crippen LogP contribution < -0.4 is 5.32 Å². The van der Waals surface area contributed by atoms with E-state index >= 15 is 0 Å². The van der Waals surface area contributed by atoms with Crippen LogP contribution in [0.4, 0.5) is 4.79 Å². The highest BCUT2D eigenvalue weighted by Crippen LogP contribution is 2.19. The van der Waals surface area contributed by atoms with Crippen LogP contribution >= 0.6 is 0 Å². The van der Waals surface area contributed by atoms with Crippen LogP contribution in [0.1, 0.15) is 26.2 Å². The largest absolute Gasteiger partial charge is 0.479 e. The summed E-state index contributed by atoms with van der Waals surface area (Å²) < 4.78 is 5.36. The van der Waals surface area contributed by atoms with Crippen molar-refractivity contribution in [2.45, 2.75) is 38.4 Å². The molecule has 0 saturated carbocycles. The molecule has 1 saturated heterocycles. The first-order valence-electron chi connectivity index (χ1n) is 7.49. The smallest absolute Gasteiger partial charge is 0.332 e. The van der Waals surface area contributed by atoms with Crippen LogP contribution in [0.2, 0.25) is 0 Å². The SMILES string of the molecule is CCN(CCCN(C)C)C(=O)NCC1CCC(C(=O)O)O1. The number of carbonyl (C=O) groups is 2. The maximum absolute atomic E-state index is 12.1. The monoisotopic (exact) mass is 301 g/mol. The van der Waals surface area contributed by atoms with Crippen LogP contribution in [0.15, 0.2) is 0 Å². The lowest BCUT2D eigenvalue weighted by Crippen LogP contribution is -2.43. The summed E-state index contributed by atoms with van der Waals surface area (Å²) in [5.74, 6) is -0.928. The minimum Gasteiger partial charge on any atom is -0.479 e. The quantitative estimate of drug-likeness (QED) is 0.686. The van der Waals surface area contributed by atoms with Gasteiger partial charge >= 0.3 is 12.0 Å². The van der Waals surface area contributed by atoms with E-state index in [9.17, 15) is 9.59 Å². The fourth-order valence-corrected chi connectivity index (χ4v) is 2.33. The van der Waals surface area contributed by atoms with Crippen molar-refractivity contribution in [1.82, 2.24) is 15.1 Å². The zero-order valence-electron chi connectivity index (χ0n) is 13.2. The molecule has 0 aromatic carbocycles. The molecule has 1 aliphatic heterocycles. The Bertz CT molecular complexity index is 349. The molecule has 2 atom stereocenters. The molecule has 0 aromatic rings. The molecule has 7 nitrogen and oxygen atoms in total. The Morgan fingerprint density at radius 1 is 1.29 bits per heavy atom. The zero-order chi connectivity index (χ0) is 15.8. The second kappa shape index (κ2) is 8.84. The van der Waals surface area contributed by atoms with E-state index in [0.717, 1.165) is 13.0 Å². The second-order valence-corrected chi connectivity index (χ2v) is 5.58. The molecule has 0 aromatic heterocycles. The number of urea groups is 1. The van der Waals surface area contributed by atoms with Crippen LogP contribution in [-0.4, -0.2) is 79.4 Å². The lowest BCUT2D eigenvalue weighted by atomic mass is 10.2. The molecule has 2 unspecified atom stereocenters. The number of rotatable bonds is 8. The number of nitrogens with zero attached hydrogens (tertiary/aromatic N) is 2. The number of hydrogen-bond acceptors (Lipinski definition) is 4. The minimum absolute atomic E-state index is 0.112. The number of hydrogen-bond donors (Lipinski definition) is 2. The summed E-state index contributed by atoms with van der Waals surface area (Å²) in [6.07, 6.45) is 1.18. The second-order valence-electron chi connectivity index (χ2n) is 5.58. The van der Waals surface area contributed by atoms with Gasteiger partial charge in [-0.1, -0.05) is 0 Å². The molecule has 1 fully saturated rings. The summed E-state index contributed by atoms with van der Waals surface area (Å²) in [7, 11) is 4.01. The standard InChI is InChI=1S/C14H27N3O4/c1-4-17(9-5-8-16(2)3)14(20)15-10-11-6-7-12(21-11)13(18)19/h11-12H,4-10H2,1-3H3,(H,15,20)(H,18,19). The van der Waals surface area contributed by atoms with Crippen LogP contribution in [0.3, 0.4) is 0 Å². The van der Waals surface area contributed by atoms with E-state index in [1.165, 1.54) is 0 Å². The van der Waals surface area contributed by atoms with Crippen molar-refractivity contribution >= 4 is 12.0 Å². The first kappa shape index (κ1) is 17.7. The highest BCUT2D eigenvalue weighted by atomic mass is 16.5. The lowest BCUT2D eigenvalue weighted by molar-refractivity contribution is -0.149. The Kier molecular flexibility index (Phi) is 7.45. The van der Waals surface area contributed by atoms with Crippen LogP contribution in [0.25, 0.3) is 0 Å². The molecule has 0 radical (unpaired) electrons. The first-order chi connectivity index (χ1) is 9.93. The van der Waals surface area contributed by atoms with Gasteiger partial charge in [-0.15, -0.1) is 0 Å². The number of amides is 2. The molecule has 0 bridgehead atoms. The highest BCUT2D eigenvalue weighted by Gasteiger charge is 2.30.